The molecule has 0 aliphatic heterocycles. The van der Waals surface area contributed by atoms with Crippen molar-refractivity contribution in [2.75, 3.05) is 0 Å². The lowest BCUT2D eigenvalue weighted by Crippen LogP contribution is -1.92. The van der Waals surface area contributed by atoms with Crippen molar-refractivity contribution in [3.8, 4) is 0 Å². The molecule has 0 atom stereocenters. The standard InChI is InChI=1S/C12H22N2/c1-3-5-7-9-12-11(8-6-4-2)10-13-14-12/h10H,3-9H2,1-2H3,(H,13,14). The van der Waals surface area contributed by atoms with Gasteiger partial charge >= 0.3 is 0 Å². The Labute approximate surface area is 87.1 Å². The lowest BCUT2D eigenvalue weighted by molar-refractivity contribution is 0.696. The van der Waals surface area contributed by atoms with E-state index in [4.69, 9.17) is 0 Å². The van der Waals surface area contributed by atoms with E-state index < -0.39 is 0 Å². The number of nitrogens with one attached hydrogen (secondary N) is 1. The third-order valence-electron chi connectivity index (χ3n) is 2.64. The van der Waals surface area contributed by atoms with Crippen LogP contribution in [0.15, 0.2) is 6.20 Å². The van der Waals surface area contributed by atoms with Crippen molar-refractivity contribution in [1.82, 2.24) is 10.2 Å². The number of rotatable bonds is 7. The minimum absolute atomic E-state index is 1.17. The minimum Gasteiger partial charge on any atom is -0.282 e. The maximum Gasteiger partial charge on any atom is 0.0522 e. The van der Waals surface area contributed by atoms with Crippen molar-refractivity contribution < 1.29 is 0 Å². The van der Waals surface area contributed by atoms with Crippen LogP contribution < -0.4 is 0 Å². The van der Waals surface area contributed by atoms with Gasteiger partial charge in [-0.2, -0.15) is 5.10 Å². The van der Waals surface area contributed by atoms with Gasteiger partial charge in [0, 0.05) is 5.69 Å². The first kappa shape index (κ1) is 11.3. The molecule has 1 rings (SSSR count). The molecule has 2 nitrogen and oxygen atoms in total. The number of hydrogen-bond donors (Lipinski definition) is 1. The quantitative estimate of drug-likeness (QED) is 0.661. The Kier molecular flexibility index (Phi) is 5.35. The van der Waals surface area contributed by atoms with E-state index in [1.807, 2.05) is 6.20 Å². The molecule has 0 saturated carbocycles. The monoisotopic (exact) mass is 194 g/mol. The van der Waals surface area contributed by atoms with Crippen LogP contribution in [0.4, 0.5) is 0 Å². The van der Waals surface area contributed by atoms with E-state index in [1.54, 1.807) is 0 Å². The lowest BCUT2D eigenvalue weighted by atomic mass is 10.1. The van der Waals surface area contributed by atoms with Gasteiger partial charge < -0.3 is 0 Å². The van der Waals surface area contributed by atoms with Crippen molar-refractivity contribution in [2.45, 2.75) is 58.8 Å². The molecule has 1 aromatic heterocycles. The van der Waals surface area contributed by atoms with Crippen LogP contribution >= 0.6 is 0 Å². The summed E-state index contributed by atoms with van der Waals surface area (Å²) in [5, 5.41) is 7.25. The SMILES string of the molecule is CCCCCc1[nH]ncc1CCCC. The summed E-state index contributed by atoms with van der Waals surface area (Å²) in [6, 6.07) is 0. The summed E-state index contributed by atoms with van der Waals surface area (Å²) < 4.78 is 0. The molecule has 0 aliphatic rings. The van der Waals surface area contributed by atoms with Gasteiger partial charge in [0.15, 0.2) is 0 Å². The molecule has 0 unspecified atom stereocenters. The van der Waals surface area contributed by atoms with Gasteiger partial charge in [-0.25, -0.2) is 0 Å². The van der Waals surface area contributed by atoms with Crippen molar-refractivity contribution in [3.63, 3.8) is 0 Å². The van der Waals surface area contributed by atoms with Gasteiger partial charge in [0.25, 0.3) is 0 Å². The number of H-pyrrole nitrogens is 1. The molecule has 1 aromatic rings. The summed E-state index contributed by atoms with van der Waals surface area (Å²) in [5.41, 5.74) is 2.80. The molecule has 2 heteroatoms. The summed E-state index contributed by atoms with van der Waals surface area (Å²) in [5.74, 6) is 0. The fraction of sp³-hybridized carbons (Fsp3) is 0.750. The van der Waals surface area contributed by atoms with Crippen LogP contribution in [0.2, 0.25) is 0 Å². The normalized spacial score (nSPS) is 10.7. The molecule has 0 radical (unpaired) electrons. The summed E-state index contributed by atoms with van der Waals surface area (Å²) >= 11 is 0. The van der Waals surface area contributed by atoms with Gasteiger partial charge in [-0.05, 0) is 31.2 Å². The molecular weight excluding hydrogens is 172 g/mol. The molecule has 1 N–H and O–H groups in total. The highest BCUT2D eigenvalue weighted by Gasteiger charge is 2.03. The van der Waals surface area contributed by atoms with Gasteiger partial charge in [-0.1, -0.05) is 33.1 Å². The molecule has 0 amide bonds. The Morgan fingerprint density at radius 2 is 1.86 bits per heavy atom. The van der Waals surface area contributed by atoms with E-state index in [2.05, 4.69) is 24.0 Å². The van der Waals surface area contributed by atoms with Crippen LogP contribution in [0.25, 0.3) is 0 Å². The Morgan fingerprint density at radius 3 is 2.57 bits per heavy atom. The summed E-state index contributed by atoms with van der Waals surface area (Å²) in [6.45, 7) is 4.47. The number of aromatic nitrogens is 2. The van der Waals surface area contributed by atoms with Gasteiger partial charge in [0.1, 0.15) is 0 Å². The number of hydrogen-bond acceptors (Lipinski definition) is 1. The average molecular weight is 194 g/mol. The summed E-state index contributed by atoms with van der Waals surface area (Å²) in [7, 11) is 0. The molecule has 0 aromatic carbocycles. The molecule has 0 aliphatic carbocycles. The van der Waals surface area contributed by atoms with Crippen molar-refractivity contribution in [3.05, 3.63) is 17.5 Å². The van der Waals surface area contributed by atoms with E-state index >= 15 is 0 Å². The predicted octanol–water partition coefficient (Wildman–Crippen LogP) is 3.49. The second-order valence-electron chi connectivity index (χ2n) is 3.93. The van der Waals surface area contributed by atoms with Crippen LogP contribution in [0, 0.1) is 0 Å². The van der Waals surface area contributed by atoms with E-state index in [0.29, 0.717) is 0 Å². The van der Waals surface area contributed by atoms with Crippen molar-refractivity contribution in [2.24, 2.45) is 0 Å². The molecule has 0 fully saturated rings. The topological polar surface area (TPSA) is 28.7 Å². The fourth-order valence-electron chi connectivity index (χ4n) is 1.69. The Morgan fingerprint density at radius 1 is 1.07 bits per heavy atom. The first-order valence-electron chi connectivity index (χ1n) is 5.89. The first-order valence-corrected chi connectivity index (χ1v) is 5.89. The highest BCUT2D eigenvalue weighted by Crippen LogP contribution is 2.12. The summed E-state index contributed by atoms with van der Waals surface area (Å²) in [6.07, 6.45) is 10.8. The average Bonchev–Trinajstić information content (AvgIpc) is 2.63. The number of aromatic amines is 1. The van der Waals surface area contributed by atoms with Crippen LogP contribution in [0.5, 0.6) is 0 Å². The molecule has 0 spiro atoms. The lowest BCUT2D eigenvalue weighted by Gasteiger charge is -2.01. The number of aryl methyl sites for hydroxylation is 2. The van der Waals surface area contributed by atoms with Gasteiger partial charge in [0.2, 0.25) is 0 Å². The molecule has 0 saturated heterocycles. The zero-order valence-electron chi connectivity index (χ0n) is 9.47. The van der Waals surface area contributed by atoms with Gasteiger partial charge in [-0.3, -0.25) is 5.10 Å². The minimum atomic E-state index is 1.17. The largest absolute Gasteiger partial charge is 0.282 e. The highest BCUT2D eigenvalue weighted by molar-refractivity contribution is 5.16. The smallest absolute Gasteiger partial charge is 0.0522 e. The van der Waals surface area contributed by atoms with Gasteiger partial charge in [0.05, 0.1) is 6.20 Å². The number of nitrogens with zero attached hydrogens (tertiary/aromatic N) is 1. The Bertz CT molecular complexity index is 240. The van der Waals surface area contributed by atoms with Crippen LogP contribution in [0.1, 0.15) is 57.2 Å². The van der Waals surface area contributed by atoms with Crippen molar-refractivity contribution in [1.29, 1.82) is 0 Å². The Hall–Kier alpha value is -0.790. The second kappa shape index (κ2) is 6.63. The van der Waals surface area contributed by atoms with Crippen LogP contribution in [-0.2, 0) is 12.8 Å². The fourth-order valence-corrected chi connectivity index (χ4v) is 1.69. The van der Waals surface area contributed by atoms with Crippen LogP contribution in [0.3, 0.4) is 0 Å². The molecule has 14 heavy (non-hydrogen) atoms. The zero-order chi connectivity index (χ0) is 10.2. The van der Waals surface area contributed by atoms with Gasteiger partial charge in [-0.15, -0.1) is 0 Å². The third-order valence-corrected chi connectivity index (χ3v) is 2.64. The highest BCUT2D eigenvalue weighted by atomic mass is 15.1. The summed E-state index contributed by atoms with van der Waals surface area (Å²) in [4.78, 5) is 0. The van der Waals surface area contributed by atoms with E-state index in [-0.39, 0.29) is 0 Å². The van der Waals surface area contributed by atoms with Crippen molar-refractivity contribution >= 4 is 0 Å². The van der Waals surface area contributed by atoms with Crippen LogP contribution in [-0.4, -0.2) is 10.2 Å². The predicted molar refractivity (Wildman–Crippen MR) is 60.4 cm³/mol. The molecule has 80 valence electrons. The first-order chi connectivity index (χ1) is 6.88. The third kappa shape index (κ3) is 3.52. The molecule has 0 bridgehead atoms. The van der Waals surface area contributed by atoms with E-state index in [0.717, 1.165) is 0 Å². The van der Waals surface area contributed by atoms with E-state index in [1.165, 1.54) is 56.2 Å². The number of unbranched alkanes of at least 4 members (excludes halogenated alkanes) is 3. The second-order valence-corrected chi connectivity index (χ2v) is 3.93. The maximum atomic E-state index is 4.13. The maximum absolute atomic E-state index is 4.13. The molecular formula is C12H22N2. The van der Waals surface area contributed by atoms with E-state index in [9.17, 15) is 0 Å². The zero-order valence-corrected chi connectivity index (χ0v) is 9.47. The Balaban J connectivity index is 2.37. The molecule has 1 heterocycles.